The number of carbonyl (C=O) groups excluding carboxylic acids is 2. The third-order valence-corrected chi connectivity index (χ3v) is 4.03. The number of H-pyrrole nitrogens is 1. The molecule has 1 unspecified atom stereocenters. The van der Waals surface area contributed by atoms with Gasteiger partial charge in [-0.25, -0.2) is 4.98 Å². The second-order valence-corrected chi connectivity index (χ2v) is 5.90. The van der Waals surface area contributed by atoms with Crippen molar-refractivity contribution in [2.45, 2.75) is 12.3 Å². The van der Waals surface area contributed by atoms with Gasteiger partial charge >= 0.3 is 5.97 Å². The Balaban J connectivity index is 1.65. The van der Waals surface area contributed by atoms with E-state index in [-0.39, 0.29) is 18.0 Å². The summed E-state index contributed by atoms with van der Waals surface area (Å²) in [7, 11) is 0. The van der Waals surface area contributed by atoms with E-state index in [1.54, 1.807) is 60.8 Å². The fraction of sp³-hybridized carbons (Fsp3) is 0.100. The lowest BCUT2D eigenvalue weighted by Gasteiger charge is -2.13. The summed E-state index contributed by atoms with van der Waals surface area (Å²) in [6.45, 7) is 0. The van der Waals surface area contributed by atoms with Gasteiger partial charge in [-0.05, 0) is 29.8 Å². The Kier molecular flexibility index (Phi) is 5.41. The Morgan fingerprint density at radius 2 is 1.74 bits per heavy atom. The number of aromatic nitrogens is 2. The lowest BCUT2D eigenvalue weighted by Crippen LogP contribution is -2.20. The summed E-state index contributed by atoms with van der Waals surface area (Å²) in [4.78, 5) is 42.6. The topological polar surface area (TPSA) is 112 Å². The molecule has 3 aromatic rings. The number of hydrogen-bond donors (Lipinski definition) is 3. The lowest BCUT2D eigenvalue weighted by atomic mass is 9.95. The number of rotatable bonds is 7. The SMILES string of the molecule is O=C(CC(C(=O)O)c1ccccc1)Nc1ccc(C(=O)c2ncc[nH]2)cc1. The quantitative estimate of drug-likeness (QED) is 0.559. The van der Waals surface area contributed by atoms with Gasteiger partial charge in [-0.15, -0.1) is 0 Å². The summed E-state index contributed by atoms with van der Waals surface area (Å²) in [6.07, 6.45) is 2.87. The first kappa shape index (κ1) is 18.1. The zero-order chi connectivity index (χ0) is 19.2. The molecule has 136 valence electrons. The zero-order valence-electron chi connectivity index (χ0n) is 14.3. The van der Waals surface area contributed by atoms with Crippen LogP contribution in [0.3, 0.4) is 0 Å². The maximum absolute atomic E-state index is 12.2. The smallest absolute Gasteiger partial charge is 0.311 e. The molecule has 2 aromatic carbocycles. The Hall–Kier alpha value is -3.74. The minimum absolute atomic E-state index is 0.188. The summed E-state index contributed by atoms with van der Waals surface area (Å²) in [5.41, 5.74) is 1.48. The van der Waals surface area contributed by atoms with Crippen molar-refractivity contribution in [2.24, 2.45) is 0 Å². The van der Waals surface area contributed by atoms with Crippen LogP contribution in [-0.4, -0.2) is 32.7 Å². The highest BCUT2D eigenvalue weighted by atomic mass is 16.4. The van der Waals surface area contributed by atoms with Crippen LogP contribution in [0.25, 0.3) is 0 Å². The standard InChI is InChI=1S/C20H17N3O4/c24-17(12-16(20(26)27)13-4-2-1-3-5-13)23-15-8-6-14(7-9-15)18(25)19-21-10-11-22-19/h1-11,16H,12H2,(H,21,22)(H,23,24)(H,26,27). The molecule has 0 fully saturated rings. The monoisotopic (exact) mass is 363 g/mol. The third-order valence-electron chi connectivity index (χ3n) is 4.03. The molecule has 1 atom stereocenters. The highest BCUT2D eigenvalue weighted by Gasteiger charge is 2.23. The first-order valence-corrected chi connectivity index (χ1v) is 8.26. The summed E-state index contributed by atoms with van der Waals surface area (Å²) >= 11 is 0. The molecule has 0 saturated heterocycles. The number of imidazole rings is 1. The largest absolute Gasteiger partial charge is 0.481 e. The molecule has 3 N–H and O–H groups in total. The van der Waals surface area contributed by atoms with Gasteiger partial charge in [-0.1, -0.05) is 30.3 Å². The molecular formula is C20H17N3O4. The molecule has 27 heavy (non-hydrogen) atoms. The number of ketones is 1. The van der Waals surface area contributed by atoms with Gasteiger partial charge in [0.25, 0.3) is 0 Å². The highest BCUT2D eigenvalue weighted by Crippen LogP contribution is 2.21. The van der Waals surface area contributed by atoms with Gasteiger partial charge in [0.1, 0.15) is 0 Å². The van der Waals surface area contributed by atoms with Crippen molar-refractivity contribution in [1.82, 2.24) is 9.97 Å². The molecule has 0 saturated carbocycles. The normalized spacial score (nSPS) is 11.6. The molecule has 1 amide bonds. The van der Waals surface area contributed by atoms with Crippen molar-refractivity contribution in [3.05, 3.63) is 83.9 Å². The molecule has 7 heteroatoms. The van der Waals surface area contributed by atoms with Crippen molar-refractivity contribution in [2.75, 3.05) is 5.32 Å². The van der Waals surface area contributed by atoms with Crippen LogP contribution in [0, 0.1) is 0 Å². The summed E-state index contributed by atoms with van der Waals surface area (Å²) in [6, 6.07) is 14.9. The number of nitrogens with one attached hydrogen (secondary N) is 2. The number of carboxylic acids is 1. The average Bonchev–Trinajstić information content (AvgIpc) is 3.21. The van der Waals surface area contributed by atoms with E-state index in [1.165, 1.54) is 6.20 Å². The zero-order valence-corrected chi connectivity index (χ0v) is 14.3. The minimum Gasteiger partial charge on any atom is -0.481 e. The Morgan fingerprint density at radius 1 is 1.04 bits per heavy atom. The number of aromatic amines is 1. The molecular weight excluding hydrogens is 346 g/mol. The molecule has 0 radical (unpaired) electrons. The predicted octanol–water partition coefficient (Wildman–Crippen LogP) is 2.84. The van der Waals surface area contributed by atoms with E-state index in [0.717, 1.165) is 0 Å². The van der Waals surface area contributed by atoms with Crippen LogP contribution >= 0.6 is 0 Å². The maximum atomic E-state index is 12.2. The predicted molar refractivity (Wildman–Crippen MR) is 98.5 cm³/mol. The van der Waals surface area contributed by atoms with Gasteiger partial charge in [-0.2, -0.15) is 0 Å². The summed E-state index contributed by atoms with van der Waals surface area (Å²) in [5, 5.41) is 12.1. The summed E-state index contributed by atoms with van der Waals surface area (Å²) in [5.74, 6) is -2.43. The Bertz CT molecular complexity index is 935. The van der Waals surface area contributed by atoms with Gasteiger partial charge in [0.05, 0.1) is 5.92 Å². The molecule has 0 aliphatic rings. The fourth-order valence-corrected chi connectivity index (χ4v) is 2.66. The number of amides is 1. The average molecular weight is 363 g/mol. The van der Waals surface area contributed by atoms with E-state index in [9.17, 15) is 19.5 Å². The van der Waals surface area contributed by atoms with E-state index >= 15 is 0 Å². The van der Waals surface area contributed by atoms with E-state index in [0.29, 0.717) is 16.8 Å². The molecule has 3 rings (SSSR count). The first-order valence-electron chi connectivity index (χ1n) is 8.26. The molecule has 0 bridgehead atoms. The fourth-order valence-electron chi connectivity index (χ4n) is 2.66. The Labute approximate surface area is 155 Å². The highest BCUT2D eigenvalue weighted by molar-refractivity contribution is 6.06. The molecule has 7 nitrogen and oxygen atoms in total. The number of nitrogens with zero attached hydrogens (tertiary/aromatic N) is 1. The molecule has 0 aliphatic heterocycles. The number of carbonyl (C=O) groups is 3. The van der Waals surface area contributed by atoms with Gasteiger partial charge in [-0.3, -0.25) is 14.4 Å². The second kappa shape index (κ2) is 8.09. The lowest BCUT2D eigenvalue weighted by molar-refractivity contribution is -0.140. The van der Waals surface area contributed by atoms with Gasteiger partial charge < -0.3 is 15.4 Å². The van der Waals surface area contributed by atoms with Gasteiger partial charge in [0.15, 0.2) is 5.82 Å². The Morgan fingerprint density at radius 3 is 2.33 bits per heavy atom. The van der Waals surface area contributed by atoms with Crippen LogP contribution in [0.1, 0.15) is 34.1 Å². The van der Waals surface area contributed by atoms with Crippen LogP contribution in [0.15, 0.2) is 67.0 Å². The van der Waals surface area contributed by atoms with Crippen molar-refractivity contribution >= 4 is 23.3 Å². The van der Waals surface area contributed by atoms with Crippen molar-refractivity contribution in [1.29, 1.82) is 0 Å². The maximum Gasteiger partial charge on any atom is 0.311 e. The van der Waals surface area contributed by atoms with Gasteiger partial charge in [0, 0.05) is 30.1 Å². The van der Waals surface area contributed by atoms with Crippen LogP contribution in [0.2, 0.25) is 0 Å². The number of benzene rings is 2. The number of anilines is 1. The van der Waals surface area contributed by atoms with Gasteiger partial charge in [0.2, 0.25) is 11.7 Å². The van der Waals surface area contributed by atoms with Crippen LogP contribution < -0.4 is 5.32 Å². The third kappa shape index (κ3) is 4.46. The summed E-state index contributed by atoms with van der Waals surface area (Å²) < 4.78 is 0. The number of aliphatic carboxylic acids is 1. The molecule has 1 aromatic heterocycles. The number of hydrogen-bond acceptors (Lipinski definition) is 4. The van der Waals surface area contributed by atoms with E-state index in [2.05, 4.69) is 15.3 Å². The minimum atomic E-state index is -1.06. The first-order chi connectivity index (χ1) is 13.0. The van der Waals surface area contributed by atoms with Crippen LogP contribution in [0.5, 0.6) is 0 Å². The molecule has 0 spiro atoms. The van der Waals surface area contributed by atoms with Crippen LogP contribution in [0.4, 0.5) is 5.69 Å². The van der Waals surface area contributed by atoms with E-state index in [4.69, 9.17) is 0 Å². The molecule has 0 aliphatic carbocycles. The van der Waals surface area contributed by atoms with Crippen molar-refractivity contribution in [3.8, 4) is 0 Å². The van der Waals surface area contributed by atoms with Crippen LogP contribution in [-0.2, 0) is 9.59 Å². The van der Waals surface area contributed by atoms with Crippen molar-refractivity contribution in [3.63, 3.8) is 0 Å². The van der Waals surface area contributed by atoms with E-state index in [1.807, 2.05) is 0 Å². The number of carboxylic acid groups (broad SMARTS) is 1. The van der Waals surface area contributed by atoms with Crippen molar-refractivity contribution < 1.29 is 19.5 Å². The molecule has 1 heterocycles. The van der Waals surface area contributed by atoms with E-state index < -0.39 is 17.8 Å². The second-order valence-electron chi connectivity index (χ2n) is 5.90.